The van der Waals surface area contributed by atoms with Gasteiger partial charge in [0.25, 0.3) is 0 Å². The Morgan fingerprint density at radius 2 is 2.10 bits per heavy atom. The molecule has 1 aromatic rings. The average Bonchev–Trinajstić information content (AvgIpc) is 2.36. The molecule has 0 fully saturated rings. The molecule has 0 amide bonds. The Morgan fingerprint density at radius 1 is 1.48 bits per heavy atom. The van der Waals surface area contributed by atoms with E-state index in [-0.39, 0.29) is 6.61 Å². The maximum atomic E-state index is 12.3. The normalized spacial score (nSPS) is 10.9. The van der Waals surface area contributed by atoms with Crippen molar-refractivity contribution in [3.63, 3.8) is 0 Å². The van der Waals surface area contributed by atoms with Gasteiger partial charge in [0.1, 0.15) is 0 Å². The van der Waals surface area contributed by atoms with E-state index in [4.69, 9.17) is 0 Å². The number of alkyl halides is 3. The Hall–Kier alpha value is -2.59. The molecule has 0 aromatic carbocycles. The molecule has 0 atom stereocenters. The molecule has 1 heterocycles. The SMILES string of the molecule is CCOC(=O)c1c(OC(F)(F)F)ncc(OC)c1[N+](=O)[O-]. The maximum Gasteiger partial charge on any atom is 0.574 e. The zero-order chi connectivity index (χ0) is 16.2. The molecule has 0 unspecified atom stereocenters. The highest BCUT2D eigenvalue weighted by atomic mass is 19.4. The largest absolute Gasteiger partial charge is 0.574 e. The van der Waals surface area contributed by atoms with Crippen LogP contribution in [0.2, 0.25) is 0 Å². The molecular weight excluding hydrogens is 301 g/mol. The summed E-state index contributed by atoms with van der Waals surface area (Å²) in [4.78, 5) is 24.8. The van der Waals surface area contributed by atoms with E-state index >= 15 is 0 Å². The summed E-state index contributed by atoms with van der Waals surface area (Å²) in [5.74, 6) is -3.17. The van der Waals surface area contributed by atoms with E-state index in [9.17, 15) is 28.1 Å². The zero-order valence-electron chi connectivity index (χ0n) is 10.8. The third-order valence-electron chi connectivity index (χ3n) is 2.08. The first kappa shape index (κ1) is 16.5. The van der Waals surface area contributed by atoms with Gasteiger partial charge in [0.05, 0.1) is 24.8 Å². The summed E-state index contributed by atoms with van der Waals surface area (Å²) in [5.41, 5.74) is -2.09. The smallest absolute Gasteiger partial charge is 0.489 e. The van der Waals surface area contributed by atoms with Crippen LogP contribution >= 0.6 is 0 Å². The van der Waals surface area contributed by atoms with Crippen LogP contribution in [0.15, 0.2) is 6.20 Å². The number of hydrogen-bond acceptors (Lipinski definition) is 7. The zero-order valence-corrected chi connectivity index (χ0v) is 10.8. The van der Waals surface area contributed by atoms with Crippen LogP contribution in [0.25, 0.3) is 0 Å². The van der Waals surface area contributed by atoms with Crippen molar-refractivity contribution >= 4 is 11.7 Å². The predicted molar refractivity (Wildman–Crippen MR) is 60.1 cm³/mol. The molecule has 1 aromatic heterocycles. The van der Waals surface area contributed by atoms with Crippen LogP contribution in [0.1, 0.15) is 17.3 Å². The summed E-state index contributed by atoms with van der Waals surface area (Å²) in [6.45, 7) is 1.17. The molecule has 0 aliphatic carbocycles. The van der Waals surface area contributed by atoms with Crippen LogP contribution in [0.3, 0.4) is 0 Å². The number of nitrogens with zero attached hydrogens (tertiary/aromatic N) is 2. The second-order valence-electron chi connectivity index (χ2n) is 3.38. The number of esters is 1. The van der Waals surface area contributed by atoms with Gasteiger partial charge >= 0.3 is 18.0 Å². The number of halogens is 3. The molecule has 8 nitrogen and oxygen atoms in total. The van der Waals surface area contributed by atoms with Crippen LogP contribution in [-0.4, -0.2) is 36.0 Å². The monoisotopic (exact) mass is 310 g/mol. The number of rotatable bonds is 5. The van der Waals surface area contributed by atoms with E-state index in [0.717, 1.165) is 7.11 Å². The Labute approximate surface area is 115 Å². The topological polar surface area (TPSA) is 101 Å². The highest BCUT2D eigenvalue weighted by Crippen LogP contribution is 2.37. The van der Waals surface area contributed by atoms with Crippen molar-refractivity contribution in [2.45, 2.75) is 13.3 Å². The molecule has 0 spiro atoms. The molecule has 0 N–H and O–H groups in total. The van der Waals surface area contributed by atoms with E-state index in [1.54, 1.807) is 0 Å². The van der Waals surface area contributed by atoms with Crippen molar-refractivity contribution in [3.8, 4) is 11.6 Å². The molecule has 11 heteroatoms. The van der Waals surface area contributed by atoms with Gasteiger partial charge in [0.15, 0.2) is 0 Å². The first-order valence-corrected chi connectivity index (χ1v) is 5.35. The minimum atomic E-state index is -5.18. The Bertz CT molecular complexity index is 560. The van der Waals surface area contributed by atoms with E-state index in [0.29, 0.717) is 6.20 Å². The van der Waals surface area contributed by atoms with Gasteiger partial charge in [-0.1, -0.05) is 0 Å². The first-order valence-electron chi connectivity index (χ1n) is 5.35. The average molecular weight is 310 g/mol. The van der Waals surface area contributed by atoms with Crippen molar-refractivity contribution in [3.05, 3.63) is 21.9 Å². The van der Waals surface area contributed by atoms with Crippen LogP contribution in [0, 0.1) is 10.1 Å². The van der Waals surface area contributed by atoms with Gasteiger partial charge in [0.2, 0.25) is 17.2 Å². The van der Waals surface area contributed by atoms with Gasteiger partial charge in [-0.15, -0.1) is 13.2 Å². The number of carbonyl (C=O) groups is 1. The molecule has 21 heavy (non-hydrogen) atoms. The molecule has 116 valence electrons. The molecule has 0 saturated carbocycles. The molecule has 0 aliphatic heterocycles. The van der Waals surface area contributed by atoms with Crippen LogP contribution in [0.5, 0.6) is 11.6 Å². The van der Waals surface area contributed by atoms with Gasteiger partial charge < -0.3 is 14.2 Å². The molecule has 0 bridgehead atoms. The number of carbonyl (C=O) groups excluding carboxylic acids is 1. The van der Waals surface area contributed by atoms with Gasteiger partial charge in [-0.2, -0.15) is 0 Å². The summed E-state index contributed by atoms with van der Waals surface area (Å²) in [6, 6.07) is 0. The Morgan fingerprint density at radius 3 is 2.52 bits per heavy atom. The first-order chi connectivity index (χ1) is 9.71. The van der Waals surface area contributed by atoms with E-state index < -0.39 is 40.1 Å². The van der Waals surface area contributed by atoms with Crippen molar-refractivity contribution < 1.29 is 37.1 Å². The number of pyridine rings is 1. The number of aromatic nitrogens is 1. The lowest BCUT2D eigenvalue weighted by atomic mass is 10.2. The third-order valence-corrected chi connectivity index (χ3v) is 2.08. The fraction of sp³-hybridized carbons (Fsp3) is 0.400. The fourth-order valence-electron chi connectivity index (χ4n) is 1.37. The fourth-order valence-corrected chi connectivity index (χ4v) is 1.37. The van der Waals surface area contributed by atoms with Gasteiger partial charge in [0, 0.05) is 0 Å². The summed E-state index contributed by atoms with van der Waals surface area (Å²) >= 11 is 0. The third kappa shape index (κ3) is 3.94. The maximum absolute atomic E-state index is 12.3. The molecule has 1 rings (SSSR count). The van der Waals surface area contributed by atoms with E-state index in [2.05, 4.69) is 19.2 Å². The lowest BCUT2D eigenvalue weighted by Gasteiger charge is -2.12. The van der Waals surface area contributed by atoms with E-state index in [1.165, 1.54) is 6.92 Å². The summed E-state index contributed by atoms with van der Waals surface area (Å²) in [7, 11) is 1.03. The van der Waals surface area contributed by atoms with E-state index in [1.807, 2.05) is 0 Å². The molecular formula is C10H9F3N2O6. The second-order valence-corrected chi connectivity index (χ2v) is 3.38. The summed E-state index contributed by atoms with van der Waals surface area (Å²) in [6.07, 6.45) is -4.54. The number of ether oxygens (including phenoxy) is 3. The quantitative estimate of drug-likeness (QED) is 0.466. The van der Waals surface area contributed by atoms with Gasteiger partial charge in [-0.25, -0.2) is 9.78 Å². The summed E-state index contributed by atoms with van der Waals surface area (Å²) in [5, 5.41) is 11.0. The lowest BCUT2D eigenvalue weighted by molar-refractivity contribution is -0.386. The molecule has 0 aliphatic rings. The highest BCUT2D eigenvalue weighted by molar-refractivity contribution is 5.97. The van der Waals surface area contributed by atoms with Crippen LogP contribution in [0.4, 0.5) is 18.9 Å². The van der Waals surface area contributed by atoms with Crippen molar-refractivity contribution in [1.82, 2.24) is 4.98 Å². The van der Waals surface area contributed by atoms with Crippen molar-refractivity contribution in [2.24, 2.45) is 0 Å². The Balaban J connectivity index is 3.54. The Kier molecular flexibility index (Phi) is 4.89. The lowest BCUT2D eigenvalue weighted by Crippen LogP contribution is -2.21. The van der Waals surface area contributed by atoms with Crippen molar-refractivity contribution in [1.29, 1.82) is 0 Å². The van der Waals surface area contributed by atoms with Gasteiger partial charge in [-0.05, 0) is 6.92 Å². The predicted octanol–water partition coefficient (Wildman–Crippen LogP) is 2.07. The second kappa shape index (κ2) is 6.24. The number of nitro groups is 1. The van der Waals surface area contributed by atoms with Crippen LogP contribution in [-0.2, 0) is 4.74 Å². The molecule has 0 radical (unpaired) electrons. The van der Waals surface area contributed by atoms with Gasteiger partial charge in [-0.3, -0.25) is 10.1 Å². The van der Waals surface area contributed by atoms with Crippen molar-refractivity contribution in [2.75, 3.05) is 13.7 Å². The van der Waals surface area contributed by atoms with Crippen LogP contribution < -0.4 is 9.47 Å². The molecule has 0 saturated heterocycles. The number of hydrogen-bond donors (Lipinski definition) is 0. The summed E-state index contributed by atoms with van der Waals surface area (Å²) < 4.78 is 49.4. The minimum absolute atomic E-state index is 0.210. The standard InChI is InChI=1S/C10H9F3N2O6/c1-3-20-9(16)6-7(15(17)18)5(19-2)4-14-8(6)21-10(11,12)13/h4H,3H2,1-2H3. The number of methoxy groups -OCH3 is 1. The minimum Gasteiger partial charge on any atom is -0.489 e. The highest BCUT2D eigenvalue weighted by Gasteiger charge is 2.39.